The first-order chi connectivity index (χ1) is 8.15. The quantitative estimate of drug-likeness (QED) is 0.574. The fourth-order valence-corrected chi connectivity index (χ4v) is 2.37. The maximum Gasteiger partial charge on any atom is 0.306 e. The number of carbonyl (C=O) groups is 2. The molecule has 4 N–H and O–H groups in total. The zero-order chi connectivity index (χ0) is 12.7. The first-order valence-corrected chi connectivity index (χ1v) is 6.34. The van der Waals surface area contributed by atoms with Crippen molar-refractivity contribution < 1.29 is 14.7 Å². The highest BCUT2D eigenvalue weighted by atomic mass is 16.4. The molecule has 0 spiro atoms. The summed E-state index contributed by atoms with van der Waals surface area (Å²) in [6.07, 6.45) is 4.74. The van der Waals surface area contributed by atoms with E-state index in [-0.39, 0.29) is 17.7 Å². The number of aliphatic carboxylic acids is 1. The Morgan fingerprint density at radius 2 is 2.06 bits per heavy atom. The lowest BCUT2D eigenvalue weighted by Gasteiger charge is -2.16. The molecule has 5 heteroatoms. The fourth-order valence-electron chi connectivity index (χ4n) is 2.37. The first kappa shape index (κ1) is 14.0. The van der Waals surface area contributed by atoms with Gasteiger partial charge in [-0.05, 0) is 38.1 Å². The molecule has 1 aliphatic carbocycles. The molecule has 2 atom stereocenters. The van der Waals surface area contributed by atoms with Gasteiger partial charge in [0.15, 0.2) is 0 Å². The van der Waals surface area contributed by atoms with Crippen molar-refractivity contribution in [2.45, 2.75) is 38.5 Å². The Morgan fingerprint density at radius 1 is 1.29 bits per heavy atom. The van der Waals surface area contributed by atoms with Gasteiger partial charge in [0.2, 0.25) is 5.91 Å². The maximum atomic E-state index is 11.5. The Hall–Kier alpha value is -1.10. The van der Waals surface area contributed by atoms with Gasteiger partial charge in [0.05, 0.1) is 5.92 Å². The van der Waals surface area contributed by atoms with E-state index >= 15 is 0 Å². The summed E-state index contributed by atoms with van der Waals surface area (Å²) in [6, 6.07) is 0. The molecule has 0 saturated heterocycles. The van der Waals surface area contributed by atoms with Crippen LogP contribution in [-0.4, -0.2) is 30.1 Å². The van der Waals surface area contributed by atoms with Crippen molar-refractivity contribution >= 4 is 11.9 Å². The molecule has 0 aromatic rings. The van der Waals surface area contributed by atoms with Crippen LogP contribution in [0.3, 0.4) is 0 Å². The van der Waals surface area contributed by atoms with Crippen LogP contribution < -0.4 is 11.1 Å². The molecule has 1 rings (SSSR count). The van der Waals surface area contributed by atoms with E-state index in [4.69, 9.17) is 10.8 Å². The number of hydrogen-bond donors (Lipinski definition) is 3. The third-order valence-corrected chi connectivity index (χ3v) is 3.40. The second-order valence-electron chi connectivity index (χ2n) is 4.69. The van der Waals surface area contributed by atoms with Crippen molar-refractivity contribution in [2.75, 3.05) is 13.1 Å². The van der Waals surface area contributed by atoms with Gasteiger partial charge >= 0.3 is 5.97 Å². The van der Waals surface area contributed by atoms with E-state index in [1.54, 1.807) is 0 Å². The monoisotopic (exact) mass is 242 g/mol. The van der Waals surface area contributed by atoms with Crippen LogP contribution in [0.1, 0.15) is 38.5 Å². The minimum Gasteiger partial charge on any atom is -0.481 e. The predicted octanol–water partition coefficient (Wildman–Crippen LogP) is 0.732. The molecule has 17 heavy (non-hydrogen) atoms. The third-order valence-electron chi connectivity index (χ3n) is 3.40. The largest absolute Gasteiger partial charge is 0.481 e. The Kier molecular flexibility index (Phi) is 5.97. The van der Waals surface area contributed by atoms with Crippen molar-refractivity contribution in [1.29, 1.82) is 0 Å². The summed E-state index contributed by atoms with van der Waals surface area (Å²) in [5, 5.41) is 11.8. The highest BCUT2D eigenvalue weighted by Crippen LogP contribution is 2.31. The van der Waals surface area contributed by atoms with Gasteiger partial charge < -0.3 is 16.2 Å². The summed E-state index contributed by atoms with van der Waals surface area (Å²) < 4.78 is 0. The van der Waals surface area contributed by atoms with Crippen molar-refractivity contribution in [1.82, 2.24) is 5.32 Å². The highest BCUT2D eigenvalue weighted by Gasteiger charge is 2.32. The van der Waals surface area contributed by atoms with Gasteiger partial charge in [0.1, 0.15) is 0 Å². The van der Waals surface area contributed by atoms with E-state index in [1.165, 1.54) is 0 Å². The van der Waals surface area contributed by atoms with Crippen LogP contribution in [0, 0.1) is 11.8 Å². The molecule has 2 unspecified atom stereocenters. The molecule has 0 aromatic carbocycles. The molecular weight excluding hydrogens is 220 g/mol. The SMILES string of the molecule is NCCCCC(=O)NCC1CCCC1C(=O)O. The topological polar surface area (TPSA) is 92.4 Å². The number of nitrogens with one attached hydrogen (secondary N) is 1. The van der Waals surface area contributed by atoms with Gasteiger partial charge in [-0.1, -0.05) is 6.42 Å². The van der Waals surface area contributed by atoms with Crippen LogP contribution in [0.5, 0.6) is 0 Å². The third kappa shape index (κ3) is 4.73. The van der Waals surface area contributed by atoms with Crippen LogP contribution >= 0.6 is 0 Å². The number of amides is 1. The number of rotatable bonds is 7. The predicted molar refractivity (Wildman–Crippen MR) is 64.4 cm³/mol. The number of carboxylic acid groups (broad SMARTS) is 1. The Morgan fingerprint density at radius 3 is 2.71 bits per heavy atom. The van der Waals surface area contributed by atoms with Gasteiger partial charge in [-0.25, -0.2) is 0 Å². The zero-order valence-corrected chi connectivity index (χ0v) is 10.2. The lowest BCUT2D eigenvalue weighted by atomic mass is 9.96. The fraction of sp³-hybridized carbons (Fsp3) is 0.833. The summed E-state index contributed by atoms with van der Waals surface area (Å²) in [5.41, 5.74) is 5.34. The number of hydrogen-bond acceptors (Lipinski definition) is 3. The van der Waals surface area contributed by atoms with E-state index in [0.29, 0.717) is 19.5 Å². The second kappa shape index (κ2) is 7.27. The molecule has 0 bridgehead atoms. The summed E-state index contributed by atoms with van der Waals surface area (Å²) >= 11 is 0. The van der Waals surface area contributed by atoms with Gasteiger partial charge in [-0.2, -0.15) is 0 Å². The normalized spacial score (nSPS) is 23.6. The van der Waals surface area contributed by atoms with Gasteiger partial charge in [0.25, 0.3) is 0 Å². The second-order valence-corrected chi connectivity index (χ2v) is 4.69. The molecule has 0 heterocycles. The van der Waals surface area contributed by atoms with Crippen molar-refractivity contribution in [3.63, 3.8) is 0 Å². The van der Waals surface area contributed by atoms with Gasteiger partial charge in [0, 0.05) is 13.0 Å². The molecule has 0 aromatic heterocycles. The summed E-state index contributed by atoms with van der Waals surface area (Å²) in [6.45, 7) is 1.11. The Balaban J connectivity index is 2.21. The van der Waals surface area contributed by atoms with Crippen LogP contribution in [-0.2, 0) is 9.59 Å². The first-order valence-electron chi connectivity index (χ1n) is 6.34. The molecule has 5 nitrogen and oxygen atoms in total. The smallest absolute Gasteiger partial charge is 0.306 e. The number of carbonyl (C=O) groups excluding carboxylic acids is 1. The Bertz CT molecular complexity index is 268. The standard InChI is InChI=1S/C12H22N2O3/c13-7-2-1-6-11(15)14-8-9-4-3-5-10(9)12(16)17/h9-10H,1-8,13H2,(H,14,15)(H,16,17). The average molecular weight is 242 g/mol. The number of nitrogens with two attached hydrogens (primary N) is 1. The van der Waals surface area contributed by atoms with Crippen LogP contribution in [0.2, 0.25) is 0 Å². The summed E-state index contributed by atoms with van der Waals surface area (Å²) in [5.74, 6) is -0.898. The van der Waals surface area contributed by atoms with E-state index in [0.717, 1.165) is 32.1 Å². The van der Waals surface area contributed by atoms with Crippen LogP contribution in [0.25, 0.3) is 0 Å². The molecule has 1 aliphatic rings. The molecule has 98 valence electrons. The van der Waals surface area contributed by atoms with Gasteiger partial charge in [-0.3, -0.25) is 9.59 Å². The highest BCUT2D eigenvalue weighted by molar-refractivity contribution is 5.76. The van der Waals surface area contributed by atoms with Crippen molar-refractivity contribution in [2.24, 2.45) is 17.6 Å². The molecule has 0 radical (unpaired) electrons. The van der Waals surface area contributed by atoms with E-state index in [9.17, 15) is 9.59 Å². The van der Waals surface area contributed by atoms with Crippen LogP contribution in [0.4, 0.5) is 0 Å². The number of unbranched alkanes of at least 4 members (excludes halogenated alkanes) is 1. The molecule has 1 saturated carbocycles. The van der Waals surface area contributed by atoms with E-state index < -0.39 is 5.97 Å². The van der Waals surface area contributed by atoms with Crippen molar-refractivity contribution in [3.8, 4) is 0 Å². The van der Waals surface area contributed by atoms with E-state index in [2.05, 4.69) is 5.32 Å². The Labute approximate surface area is 102 Å². The average Bonchev–Trinajstić information content (AvgIpc) is 2.75. The summed E-state index contributed by atoms with van der Waals surface area (Å²) in [4.78, 5) is 22.4. The minimum atomic E-state index is -0.732. The molecule has 1 fully saturated rings. The van der Waals surface area contributed by atoms with Gasteiger partial charge in [-0.15, -0.1) is 0 Å². The molecule has 1 amide bonds. The maximum absolute atomic E-state index is 11.5. The molecular formula is C12H22N2O3. The van der Waals surface area contributed by atoms with Crippen LogP contribution in [0.15, 0.2) is 0 Å². The lowest BCUT2D eigenvalue weighted by Crippen LogP contribution is -2.32. The minimum absolute atomic E-state index is 0.00879. The number of carboxylic acids is 1. The van der Waals surface area contributed by atoms with Crippen molar-refractivity contribution in [3.05, 3.63) is 0 Å². The molecule has 0 aliphatic heterocycles. The van der Waals surface area contributed by atoms with E-state index in [1.807, 2.05) is 0 Å². The summed E-state index contributed by atoms with van der Waals surface area (Å²) in [7, 11) is 0. The lowest BCUT2D eigenvalue weighted by molar-refractivity contribution is -0.143. The zero-order valence-electron chi connectivity index (χ0n) is 10.2.